The van der Waals surface area contributed by atoms with Crippen molar-refractivity contribution in [1.29, 1.82) is 0 Å². The van der Waals surface area contributed by atoms with Gasteiger partial charge in [0.15, 0.2) is 0 Å². The Morgan fingerprint density at radius 2 is 1.85 bits per heavy atom. The maximum atomic E-state index is 12.5. The van der Waals surface area contributed by atoms with Gasteiger partial charge in [0.25, 0.3) is 10.0 Å². The highest BCUT2D eigenvalue weighted by molar-refractivity contribution is 7.92. The number of sulfonamides is 1. The number of esters is 2. The lowest BCUT2D eigenvalue weighted by molar-refractivity contribution is -0.145. The highest BCUT2D eigenvalue weighted by atomic mass is 32.2. The number of benzene rings is 2. The molecule has 1 unspecified atom stereocenters. The maximum Gasteiger partial charge on any atom is 0.347 e. The molecule has 0 aromatic heterocycles. The molecular weight excluding hydrogens is 374 g/mol. The summed E-state index contributed by atoms with van der Waals surface area (Å²) in [5, 5.41) is 0. The fraction of sp³-hybridized carbons (Fsp3) is 0.222. The molecule has 1 fully saturated rings. The molecular formula is C18H17NO7S. The van der Waals surface area contributed by atoms with Gasteiger partial charge < -0.3 is 14.2 Å². The summed E-state index contributed by atoms with van der Waals surface area (Å²) < 4.78 is 42.4. The van der Waals surface area contributed by atoms with Gasteiger partial charge in [-0.05, 0) is 36.4 Å². The molecule has 0 amide bonds. The number of cyclic esters (lactones) is 1. The van der Waals surface area contributed by atoms with Crippen LogP contribution in [0, 0.1) is 0 Å². The van der Waals surface area contributed by atoms with Crippen molar-refractivity contribution in [2.24, 2.45) is 0 Å². The van der Waals surface area contributed by atoms with Gasteiger partial charge in [-0.3, -0.25) is 4.72 Å². The molecule has 0 spiro atoms. The summed E-state index contributed by atoms with van der Waals surface area (Å²) in [5.74, 6) is -0.922. The minimum absolute atomic E-state index is 0.0368. The van der Waals surface area contributed by atoms with E-state index in [0.717, 1.165) is 0 Å². The summed E-state index contributed by atoms with van der Waals surface area (Å²) in [7, 11) is -2.44. The zero-order valence-electron chi connectivity index (χ0n) is 14.4. The van der Waals surface area contributed by atoms with E-state index in [1.165, 1.54) is 31.4 Å². The Morgan fingerprint density at radius 3 is 2.48 bits per heavy atom. The molecule has 0 saturated carbocycles. The average Bonchev–Trinajstić information content (AvgIpc) is 3.06. The number of carbonyl (C=O) groups is 2. The van der Waals surface area contributed by atoms with Gasteiger partial charge in [0.05, 0.1) is 29.9 Å². The molecule has 2 aromatic rings. The summed E-state index contributed by atoms with van der Waals surface area (Å²) >= 11 is 0. The Kier molecular flexibility index (Phi) is 5.31. The second-order valence-corrected chi connectivity index (χ2v) is 7.36. The van der Waals surface area contributed by atoms with Gasteiger partial charge >= 0.3 is 11.9 Å². The molecule has 27 heavy (non-hydrogen) atoms. The van der Waals surface area contributed by atoms with E-state index in [0.29, 0.717) is 17.9 Å². The van der Waals surface area contributed by atoms with E-state index in [1.54, 1.807) is 24.3 Å². The molecule has 142 valence electrons. The van der Waals surface area contributed by atoms with Crippen LogP contribution in [-0.4, -0.2) is 40.2 Å². The number of hydrogen-bond donors (Lipinski definition) is 1. The molecule has 2 aromatic carbocycles. The van der Waals surface area contributed by atoms with E-state index in [4.69, 9.17) is 14.2 Å². The van der Waals surface area contributed by atoms with Crippen LogP contribution in [0.5, 0.6) is 5.75 Å². The number of carbonyl (C=O) groups excluding carboxylic acids is 2. The minimum atomic E-state index is -3.88. The summed E-state index contributed by atoms with van der Waals surface area (Å²) in [6.07, 6.45) is -0.618. The molecule has 1 heterocycles. The molecule has 1 aliphatic rings. The van der Waals surface area contributed by atoms with Crippen molar-refractivity contribution >= 4 is 27.6 Å². The fourth-order valence-electron chi connectivity index (χ4n) is 2.48. The van der Waals surface area contributed by atoms with E-state index in [9.17, 15) is 18.0 Å². The molecule has 9 heteroatoms. The molecule has 0 radical (unpaired) electrons. The fourth-order valence-corrected chi connectivity index (χ4v) is 3.55. The molecule has 8 nitrogen and oxygen atoms in total. The minimum Gasteiger partial charge on any atom is -0.495 e. The number of hydrogen-bond acceptors (Lipinski definition) is 7. The van der Waals surface area contributed by atoms with E-state index in [-0.39, 0.29) is 17.1 Å². The molecule has 1 saturated heterocycles. The lowest BCUT2D eigenvalue weighted by atomic mass is 10.2. The second kappa shape index (κ2) is 7.67. The van der Waals surface area contributed by atoms with E-state index < -0.39 is 28.1 Å². The highest BCUT2D eigenvalue weighted by Crippen LogP contribution is 2.26. The van der Waals surface area contributed by atoms with Crippen molar-refractivity contribution in [3.63, 3.8) is 0 Å². The number of ether oxygens (including phenoxy) is 3. The van der Waals surface area contributed by atoms with Crippen LogP contribution in [0.1, 0.15) is 16.8 Å². The summed E-state index contributed by atoms with van der Waals surface area (Å²) in [4.78, 5) is 23.4. The Morgan fingerprint density at radius 1 is 1.15 bits per heavy atom. The van der Waals surface area contributed by atoms with Crippen molar-refractivity contribution in [2.75, 3.05) is 18.4 Å². The third-order valence-corrected chi connectivity index (χ3v) is 5.27. The lowest BCUT2D eigenvalue weighted by Crippen LogP contribution is -2.22. The number of nitrogens with one attached hydrogen (secondary N) is 1. The van der Waals surface area contributed by atoms with Gasteiger partial charge in [-0.25, -0.2) is 18.0 Å². The Labute approximate surface area is 156 Å². The first-order valence-electron chi connectivity index (χ1n) is 8.04. The summed E-state index contributed by atoms with van der Waals surface area (Å²) in [5.41, 5.74) is 0.425. The monoisotopic (exact) mass is 391 g/mol. The summed E-state index contributed by atoms with van der Waals surface area (Å²) in [6, 6.07) is 11.8. The molecule has 1 aliphatic heterocycles. The first-order chi connectivity index (χ1) is 12.9. The predicted octanol–water partition coefficient (Wildman–Crippen LogP) is 1.97. The third kappa shape index (κ3) is 4.20. The zero-order valence-corrected chi connectivity index (χ0v) is 15.2. The maximum absolute atomic E-state index is 12.5. The lowest BCUT2D eigenvalue weighted by Gasteiger charge is -2.12. The molecule has 1 N–H and O–H groups in total. The second-order valence-electron chi connectivity index (χ2n) is 5.68. The number of anilines is 1. The number of rotatable bonds is 6. The van der Waals surface area contributed by atoms with Crippen molar-refractivity contribution in [3.05, 3.63) is 54.1 Å². The van der Waals surface area contributed by atoms with E-state index in [1.807, 2.05) is 0 Å². The van der Waals surface area contributed by atoms with Crippen LogP contribution in [0.15, 0.2) is 53.4 Å². The zero-order chi connectivity index (χ0) is 19.4. The quantitative estimate of drug-likeness (QED) is 0.750. The van der Waals surface area contributed by atoms with Crippen molar-refractivity contribution in [1.82, 2.24) is 0 Å². The third-order valence-electron chi connectivity index (χ3n) is 3.89. The van der Waals surface area contributed by atoms with Gasteiger partial charge in [-0.15, -0.1) is 0 Å². The van der Waals surface area contributed by atoms with Gasteiger partial charge in [0.2, 0.25) is 6.10 Å². The van der Waals surface area contributed by atoms with Crippen LogP contribution in [0.4, 0.5) is 5.69 Å². The summed E-state index contributed by atoms with van der Waals surface area (Å²) in [6.45, 7) is 0.211. The van der Waals surface area contributed by atoms with Gasteiger partial charge in [0.1, 0.15) is 5.75 Å². The molecule has 0 aliphatic carbocycles. The van der Waals surface area contributed by atoms with Crippen LogP contribution < -0.4 is 9.46 Å². The standard InChI is InChI=1S/C18H17NO7S/c1-24-15-5-3-2-4-14(15)19-27(22,23)13-8-6-12(7-9-13)17(20)26-16-10-11-25-18(16)21/h2-9,16,19H,10-11H2,1H3. The smallest absolute Gasteiger partial charge is 0.347 e. The molecule has 1 atom stereocenters. The van der Waals surface area contributed by atoms with Gasteiger partial charge in [0, 0.05) is 6.42 Å². The van der Waals surface area contributed by atoms with Crippen LogP contribution in [0.3, 0.4) is 0 Å². The van der Waals surface area contributed by atoms with Crippen LogP contribution in [0.25, 0.3) is 0 Å². The number of para-hydroxylation sites is 2. The normalized spacial score (nSPS) is 16.5. The Balaban J connectivity index is 1.73. The predicted molar refractivity (Wildman–Crippen MR) is 95.0 cm³/mol. The molecule has 0 bridgehead atoms. The van der Waals surface area contributed by atoms with Crippen molar-refractivity contribution in [3.8, 4) is 5.75 Å². The van der Waals surface area contributed by atoms with Gasteiger partial charge in [-0.1, -0.05) is 12.1 Å². The topological polar surface area (TPSA) is 108 Å². The Hall–Kier alpha value is -3.07. The SMILES string of the molecule is COc1ccccc1NS(=O)(=O)c1ccc(C(=O)OC2CCOC2=O)cc1. The largest absolute Gasteiger partial charge is 0.495 e. The van der Waals surface area contributed by atoms with E-state index in [2.05, 4.69) is 4.72 Å². The molecule has 3 rings (SSSR count). The average molecular weight is 391 g/mol. The van der Waals surface area contributed by atoms with Gasteiger partial charge in [-0.2, -0.15) is 0 Å². The van der Waals surface area contributed by atoms with Crippen molar-refractivity contribution < 1.29 is 32.2 Å². The van der Waals surface area contributed by atoms with Crippen LogP contribution >= 0.6 is 0 Å². The number of methoxy groups -OCH3 is 1. The van der Waals surface area contributed by atoms with Crippen molar-refractivity contribution in [2.45, 2.75) is 17.4 Å². The first kappa shape index (κ1) is 18.7. The first-order valence-corrected chi connectivity index (χ1v) is 9.52. The Bertz CT molecular complexity index is 954. The van der Waals surface area contributed by atoms with Crippen LogP contribution in [0.2, 0.25) is 0 Å². The van der Waals surface area contributed by atoms with E-state index >= 15 is 0 Å². The van der Waals surface area contributed by atoms with Crippen LogP contribution in [-0.2, 0) is 24.3 Å². The highest BCUT2D eigenvalue weighted by Gasteiger charge is 2.30.